The van der Waals surface area contributed by atoms with E-state index in [-0.39, 0.29) is 6.10 Å². The summed E-state index contributed by atoms with van der Waals surface area (Å²) in [6.07, 6.45) is 1.67. The Morgan fingerprint density at radius 1 is 1.37 bits per heavy atom. The maximum atomic E-state index is 11.0. The van der Waals surface area contributed by atoms with Gasteiger partial charge in [-0.05, 0) is 12.0 Å². The highest BCUT2D eigenvalue weighted by molar-refractivity contribution is 5.52. The van der Waals surface area contributed by atoms with E-state index in [0.717, 1.165) is 25.1 Å². The zero-order valence-electron chi connectivity index (χ0n) is 11.0. The van der Waals surface area contributed by atoms with Crippen LogP contribution in [0.4, 0.5) is 0 Å². The summed E-state index contributed by atoms with van der Waals surface area (Å²) in [6, 6.07) is 10.1. The summed E-state index contributed by atoms with van der Waals surface area (Å²) >= 11 is 0. The molecule has 0 saturated carbocycles. The number of benzene rings is 1. The number of ether oxygens (including phenoxy) is 1. The van der Waals surface area contributed by atoms with E-state index < -0.39 is 0 Å². The Hall–Kier alpha value is -1.61. The van der Waals surface area contributed by atoms with Crippen LogP contribution in [-0.2, 0) is 16.1 Å². The van der Waals surface area contributed by atoms with Gasteiger partial charge in [-0.15, -0.1) is 0 Å². The molecule has 1 fully saturated rings. The fraction of sp³-hybridized carbons (Fsp3) is 0.467. The van der Waals surface area contributed by atoms with E-state index in [1.54, 1.807) is 0 Å². The molecule has 1 aliphatic heterocycles. The zero-order valence-corrected chi connectivity index (χ0v) is 11.0. The van der Waals surface area contributed by atoms with E-state index in [4.69, 9.17) is 10.5 Å². The largest absolute Gasteiger partial charge is 0.373 e. The summed E-state index contributed by atoms with van der Waals surface area (Å²) in [5, 5.41) is 0. The second-order valence-electron chi connectivity index (χ2n) is 4.74. The quantitative estimate of drug-likeness (QED) is 0.812. The van der Waals surface area contributed by atoms with Crippen LogP contribution in [0.15, 0.2) is 36.0 Å². The third-order valence-corrected chi connectivity index (χ3v) is 3.37. The van der Waals surface area contributed by atoms with Crippen LogP contribution in [0.2, 0.25) is 0 Å². The molecule has 0 spiro atoms. The minimum absolute atomic E-state index is 0.102. The molecule has 4 heteroatoms. The smallest absolute Gasteiger partial charge is 0.145 e. The fourth-order valence-corrected chi connectivity index (χ4v) is 2.32. The van der Waals surface area contributed by atoms with Crippen LogP contribution < -0.4 is 5.73 Å². The maximum absolute atomic E-state index is 11.0. The van der Waals surface area contributed by atoms with Gasteiger partial charge in [-0.2, -0.15) is 0 Å². The summed E-state index contributed by atoms with van der Waals surface area (Å²) in [6.45, 7) is 2.69. The minimum Gasteiger partial charge on any atom is -0.373 e. The van der Waals surface area contributed by atoms with Crippen molar-refractivity contribution in [1.29, 1.82) is 0 Å². The lowest BCUT2D eigenvalue weighted by Crippen LogP contribution is -2.38. The molecule has 0 aliphatic carbocycles. The molecule has 2 rings (SSSR count). The van der Waals surface area contributed by atoms with E-state index in [0.29, 0.717) is 25.3 Å². The predicted molar refractivity (Wildman–Crippen MR) is 74.1 cm³/mol. The lowest BCUT2D eigenvalue weighted by molar-refractivity contribution is 0.0128. The fourth-order valence-electron chi connectivity index (χ4n) is 2.32. The summed E-state index contributed by atoms with van der Waals surface area (Å²) in [7, 11) is 0. The van der Waals surface area contributed by atoms with E-state index in [9.17, 15) is 4.79 Å². The number of rotatable bonds is 5. The van der Waals surface area contributed by atoms with Crippen molar-refractivity contribution in [2.75, 3.05) is 19.6 Å². The second kappa shape index (κ2) is 7.10. The standard InChI is InChI=1S/C15H20N2O2/c16-7-9-17-8-6-15(10-14(17)11-18)19-12-13-4-2-1-3-5-13/h1-5,15H,6-10,12,16H2. The molecular weight excluding hydrogens is 240 g/mol. The van der Waals surface area contributed by atoms with Crippen molar-refractivity contribution in [3.8, 4) is 0 Å². The van der Waals surface area contributed by atoms with Crippen LogP contribution in [0.1, 0.15) is 18.4 Å². The van der Waals surface area contributed by atoms with Crippen molar-refractivity contribution in [3.63, 3.8) is 0 Å². The molecule has 1 atom stereocenters. The molecule has 4 nitrogen and oxygen atoms in total. The van der Waals surface area contributed by atoms with Crippen molar-refractivity contribution in [3.05, 3.63) is 41.6 Å². The average molecular weight is 260 g/mol. The Bertz CT molecular complexity index is 441. The normalized spacial score (nSPS) is 19.3. The molecule has 0 aromatic heterocycles. The molecule has 19 heavy (non-hydrogen) atoms. The first-order valence-corrected chi connectivity index (χ1v) is 6.68. The number of nitrogens with two attached hydrogens (primary N) is 1. The summed E-state index contributed by atoms with van der Waals surface area (Å²) in [5.74, 6) is 2.02. The van der Waals surface area contributed by atoms with Crippen molar-refractivity contribution in [2.24, 2.45) is 5.73 Å². The molecule has 102 valence electrons. The van der Waals surface area contributed by atoms with E-state index in [1.807, 2.05) is 41.2 Å². The summed E-state index contributed by atoms with van der Waals surface area (Å²) in [4.78, 5) is 13.0. The van der Waals surface area contributed by atoms with Gasteiger partial charge in [0.15, 0.2) is 0 Å². The molecule has 1 aliphatic rings. The molecule has 0 radical (unpaired) electrons. The van der Waals surface area contributed by atoms with Gasteiger partial charge in [-0.3, -0.25) is 0 Å². The lowest BCUT2D eigenvalue weighted by atomic mass is 10.0. The third-order valence-electron chi connectivity index (χ3n) is 3.37. The van der Waals surface area contributed by atoms with Gasteiger partial charge in [0.25, 0.3) is 0 Å². The predicted octanol–water partition coefficient (Wildman–Crippen LogP) is 1.34. The van der Waals surface area contributed by atoms with Crippen LogP contribution in [0.5, 0.6) is 0 Å². The molecule has 0 bridgehead atoms. The molecular formula is C15H20N2O2. The summed E-state index contributed by atoms with van der Waals surface area (Å²) < 4.78 is 5.87. The van der Waals surface area contributed by atoms with Crippen molar-refractivity contribution in [1.82, 2.24) is 4.90 Å². The monoisotopic (exact) mass is 260 g/mol. The van der Waals surface area contributed by atoms with E-state index in [1.165, 1.54) is 0 Å². The summed E-state index contributed by atoms with van der Waals surface area (Å²) in [5.41, 5.74) is 7.38. The van der Waals surface area contributed by atoms with Gasteiger partial charge in [0.2, 0.25) is 0 Å². The van der Waals surface area contributed by atoms with Gasteiger partial charge in [0.05, 0.1) is 12.7 Å². The van der Waals surface area contributed by atoms with Gasteiger partial charge in [0.1, 0.15) is 11.6 Å². The first-order chi connectivity index (χ1) is 9.33. The first kappa shape index (κ1) is 13.8. The van der Waals surface area contributed by atoms with Crippen molar-refractivity contribution >= 4 is 5.94 Å². The Morgan fingerprint density at radius 3 is 2.84 bits per heavy atom. The number of carbonyl (C=O) groups excluding carboxylic acids is 1. The highest BCUT2D eigenvalue weighted by Crippen LogP contribution is 2.21. The van der Waals surface area contributed by atoms with Gasteiger partial charge < -0.3 is 15.4 Å². The van der Waals surface area contributed by atoms with E-state index >= 15 is 0 Å². The van der Waals surface area contributed by atoms with Crippen LogP contribution in [0.3, 0.4) is 0 Å². The highest BCUT2D eigenvalue weighted by atomic mass is 16.5. The number of hydrogen-bond acceptors (Lipinski definition) is 4. The molecule has 1 unspecified atom stereocenters. The second-order valence-corrected chi connectivity index (χ2v) is 4.74. The van der Waals surface area contributed by atoms with Gasteiger partial charge in [-0.1, -0.05) is 30.3 Å². The Labute approximate surface area is 113 Å². The van der Waals surface area contributed by atoms with Gasteiger partial charge in [0, 0.05) is 26.1 Å². The number of likely N-dealkylation sites (tertiary alicyclic amines) is 1. The van der Waals surface area contributed by atoms with Crippen LogP contribution in [0, 0.1) is 0 Å². The molecule has 1 saturated heterocycles. The Kier molecular flexibility index (Phi) is 5.16. The van der Waals surface area contributed by atoms with Crippen LogP contribution >= 0.6 is 0 Å². The molecule has 1 aromatic carbocycles. The molecule has 2 N–H and O–H groups in total. The first-order valence-electron chi connectivity index (χ1n) is 6.68. The number of piperidine rings is 1. The van der Waals surface area contributed by atoms with Gasteiger partial charge >= 0.3 is 0 Å². The maximum Gasteiger partial charge on any atom is 0.145 e. The van der Waals surface area contributed by atoms with Crippen molar-refractivity contribution in [2.45, 2.75) is 25.6 Å². The SMILES string of the molecule is NCCN1CCC(OCc2ccccc2)CC1=C=O. The average Bonchev–Trinajstić information content (AvgIpc) is 2.47. The topological polar surface area (TPSA) is 55.6 Å². The van der Waals surface area contributed by atoms with Crippen molar-refractivity contribution < 1.29 is 9.53 Å². The lowest BCUT2D eigenvalue weighted by Gasteiger charge is -2.33. The number of nitrogens with zero attached hydrogens (tertiary/aromatic N) is 1. The Morgan fingerprint density at radius 2 is 2.16 bits per heavy atom. The highest BCUT2D eigenvalue weighted by Gasteiger charge is 2.23. The zero-order chi connectivity index (χ0) is 13.5. The molecule has 1 aromatic rings. The van der Waals surface area contributed by atoms with Crippen LogP contribution in [-0.4, -0.2) is 36.6 Å². The third kappa shape index (κ3) is 3.93. The van der Waals surface area contributed by atoms with Crippen LogP contribution in [0.25, 0.3) is 0 Å². The van der Waals surface area contributed by atoms with E-state index in [2.05, 4.69) is 0 Å². The Balaban J connectivity index is 1.85. The van der Waals surface area contributed by atoms with Gasteiger partial charge in [-0.25, -0.2) is 4.79 Å². The molecule has 1 heterocycles. The molecule has 0 amide bonds. The number of hydrogen-bond donors (Lipinski definition) is 1. The minimum atomic E-state index is 0.102.